The van der Waals surface area contributed by atoms with Crippen LogP contribution < -0.4 is 0 Å². The second kappa shape index (κ2) is 69.1. The van der Waals surface area contributed by atoms with Gasteiger partial charge in [0, 0.05) is 19.3 Å². The molecule has 0 aliphatic carbocycles. The van der Waals surface area contributed by atoms with Crippen LogP contribution in [0, 0.1) is 0 Å². The maximum atomic E-state index is 13.0. The van der Waals surface area contributed by atoms with Crippen LogP contribution in [0.5, 0.6) is 0 Å². The molecule has 80 heavy (non-hydrogen) atoms. The Bertz CT molecular complexity index is 1340. The summed E-state index contributed by atoms with van der Waals surface area (Å²) in [6, 6.07) is 0. The Morgan fingerprint density at radius 1 is 0.250 bits per heavy atom. The molecule has 6 nitrogen and oxygen atoms in total. The first-order chi connectivity index (χ1) is 39.5. The van der Waals surface area contributed by atoms with Crippen molar-refractivity contribution in [3.63, 3.8) is 0 Å². The van der Waals surface area contributed by atoms with E-state index in [1.165, 1.54) is 283 Å². The quantitative estimate of drug-likeness (QED) is 0.0261. The van der Waals surface area contributed by atoms with Gasteiger partial charge in [0.05, 0.1) is 0 Å². The molecular weight excluding hydrogens is 985 g/mol. The highest BCUT2D eigenvalue weighted by Gasteiger charge is 2.19. The average molecular weight is 1120 g/mol. The molecule has 0 aliphatic rings. The van der Waals surface area contributed by atoms with Crippen molar-refractivity contribution in [2.45, 2.75) is 406 Å². The molecule has 0 fully saturated rings. The van der Waals surface area contributed by atoms with E-state index in [0.29, 0.717) is 19.3 Å². The number of rotatable bonds is 67. The number of ether oxygens (including phenoxy) is 3. The molecule has 0 saturated carbocycles. The van der Waals surface area contributed by atoms with Crippen LogP contribution in [0.1, 0.15) is 400 Å². The zero-order valence-corrected chi connectivity index (χ0v) is 54.1. The number of hydrogen-bond acceptors (Lipinski definition) is 6. The minimum atomic E-state index is -0.776. The molecule has 1 unspecified atom stereocenters. The number of allylic oxidation sites excluding steroid dienone is 6. The van der Waals surface area contributed by atoms with Crippen molar-refractivity contribution in [3.8, 4) is 0 Å². The third-order valence-electron chi connectivity index (χ3n) is 16.4. The maximum absolute atomic E-state index is 13.0. The second-order valence-electron chi connectivity index (χ2n) is 24.5. The van der Waals surface area contributed by atoms with Crippen LogP contribution in [-0.2, 0) is 28.6 Å². The van der Waals surface area contributed by atoms with Crippen LogP contribution in [-0.4, -0.2) is 37.2 Å². The zero-order valence-electron chi connectivity index (χ0n) is 54.1. The van der Waals surface area contributed by atoms with Crippen molar-refractivity contribution in [2.75, 3.05) is 13.2 Å². The molecule has 6 heteroatoms. The first-order valence-electron chi connectivity index (χ1n) is 36.0. The smallest absolute Gasteiger partial charge is 0.306 e. The lowest BCUT2D eigenvalue weighted by atomic mass is 10.0. The minimum Gasteiger partial charge on any atom is -0.462 e. The summed E-state index contributed by atoms with van der Waals surface area (Å²) in [5.74, 6) is -0.850. The summed E-state index contributed by atoms with van der Waals surface area (Å²) in [6.45, 7) is 6.69. The predicted octanol–water partition coefficient (Wildman–Crippen LogP) is 24.7. The van der Waals surface area contributed by atoms with Gasteiger partial charge >= 0.3 is 17.9 Å². The summed E-state index contributed by atoms with van der Waals surface area (Å²) < 4.78 is 17.0. The number of esters is 3. The van der Waals surface area contributed by atoms with Crippen molar-refractivity contribution in [1.82, 2.24) is 0 Å². The van der Waals surface area contributed by atoms with Gasteiger partial charge in [-0.1, -0.05) is 359 Å². The molecule has 0 aliphatic heterocycles. The van der Waals surface area contributed by atoms with Gasteiger partial charge in [-0.15, -0.1) is 0 Å². The van der Waals surface area contributed by atoms with Crippen LogP contribution in [0.3, 0.4) is 0 Å². The summed E-state index contributed by atoms with van der Waals surface area (Å²) in [5.41, 5.74) is 0. The molecule has 0 N–H and O–H groups in total. The topological polar surface area (TPSA) is 78.9 Å². The van der Waals surface area contributed by atoms with E-state index in [4.69, 9.17) is 14.2 Å². The Hall–Kier alpha value is -2.37. The van der Waals surface area contributed by atoms with Gasteiger partial charge in [0.2, 0.25) is 0 Å². The first-order valence-corrected chi connectivity index (χ1v) is 36.0. The Kier molecular flexibility index (Phi) is 67.1. The molecular formula is C74H138O6. The van der Waals surface area contributed by atoms with Crippen LogP contribution in [0.25, 0.3) is 0 Å². The van der Waals surface area contributed by atoms with Crippen molar-refractivity contribution in [3.05, 3.63) is 36.5 Å². The lowest BCUT2D eigenvalue weighted by Crippen LogP contribution is -2.30. The normalized spacial score (nSPS) is 12.2. The molecule has 1 atom stereocenters. The maximum Gasteiger partial charge on any atom is 0.306 e. The molecule has 0 rings (SSSR count). The van der Waals surface area contributed by atoms with Gasteiger partial charge in [-0.3, -0.25) is 14.4 Å². The number of hydrogen-bond donors (Lipinski definition) is 0. The van der Waals surface area contributed by atoms with Gasteiger partial charge < -0.3 is 14.2 Å². The fourth-order valence-electron chi connectivity index (χ4n) is 11.0. The van der Waals surface area contributed by atoms with Gasteiger partial charge in [-0.05, 0) is 57.8 Å². The number of carbonyl (C=O) groups excluding carboxylic acids is 3. The van der Waals surface area contributed by atoms with Gasteiger partial charge in [0.25, 0.3) is 0 Å². The highest BCUT2D eigenvalue weighted by molar-refractivity contribution is 5.71. The Labute approximate surface area is 499 Å². The average Bonchev–Trinajstić information content (AvgIpc) is 3.46. The Morgan fingerprint density at radius 3 is 0.725 bits per heavy atom. The molecule has 0 aromatic carbocycles. The summed E-state index contributed by atoms with van der Waals surface area (Å²) in [5, 5.41) is 0. The number of unbranched alkanes of at least 4 members (excludes halogenated alkanes) is 50. The number of carbonyl (C=O) groups is 3. The van der Waals surface area contributed by atoms with E-state index in [2.05, 4.69) is 57.2 Å². The molecule has 470 valence electrons. The van der Waals surface area contributed by atoms with E-state index in [1.54, 1.807) is 0 Å². The molecule has 0 radical (unpaired) electrons. The van der Waals surface area contributed by atoms with Crippen LogP contribution in [0.4, 0.5) is 0 Å². The fraction of sp³-hybridized carbons (Fsp3) is 0.878. The van der Waals surface area contributed by atoms with E-state index >= 15 is 0 Å². The fourth-order valence-corrected chi connectivity index (χ4v) is 11.0. The van der Waals surface area contributed by atoms with Crippen molar-refractivity contribution in [2.24, 2.45) is 0 Å². The molecule has 0 aromatic rings. The Balaban J connectivity index is 4.31. The van der Waals surface area contributed by atoms with Gasteiger partial charge in [0.15, 0.2) is 6.10 Å². The van der Waals surface area contributed by atoms with Gasteiger partial charge in [0.1, 0.15) is 13.2 Å². The van der Waals surface area contributed by atoms with Crippen molar-refractivity contribution >= 4 is 17.9 Å². The van der Waals surface area contributed by atoms with E-state index in [0.717, 1.165) is 77.0 Å². The third kappa shape index (κ3) is 66.4. The summed E-state index contributed by atoms with van der Waals surface area (Å²) in [6.07, 6.45) is 86.0. The molecule has 0 heterocycles. The van der Waals surface area contributed by atoms with Crippen LogP contribution >= 0.6 is 0 Å². The highest BCUT2D eigenvalue weighted by atomic mass is 16.6. The van der Waals surface area contributed by atoms with Gasteiger partial charge in [-0.2, -0.15) is 0 Å². The summed E-state index contributed by atoms with van der Waals surface area (Å²) in [4.78, 5) is 38.5. The van der Waals surface area contributed by atoms with E-state index in [9.17, 15) is 14.4 Å². The second-order valence-corrected chi connectivity index (χ2v) is 24.5. The predicted molar refractivity (Wildman–Crippen MR) is 349 cm³/mol. The third-order valence-corrected chi connectivity index (χ3v) is 16.4. The largest absolute Gasteiger partial charge is 0.462 e. The highest BCUT2D eigenvalue weighted by Crippen LogP contribution is 2.19. The van der Waals surface area contributed by atoms with Crippen LogP contribution in [0.15, 0.2) is 36.5 Å². The lowest BCUT2D eigenvalue weighted by molar-refractivity contribution is -0.167. The van der Waals surface area contributed by atoms with Crippen molar-refractivity contribution in [1.29, 1.82) is 0 Å². The van der Waals surface area contributed by atoms with Crippen molar-refractivity contribution < 1.29 is 28.6 Å². The minimum absolute atomic E-state index is 0.0702. The summed E-state index contributed by atoms with van der Waals surface area (Å²) in [7, 11) is 0. The van der Waals surface area contributed by atoms with E-state index in [1.807, 2.05) is 0 Å². The monoisotopic (exact) mass is 1120 g/mol. The molecule has 0 saturated heterocycles. The molecule has 0 amide bonds. The summed E-state index contributed by atoms with van der Waals surface area (Å²) >= 11 is 0. The molecule has 0 spiro atoms. The lowest BCUT2D eigenvalue weighted by Gasteiger charge is -2.18. The van der Waals surface area contributed by atoms with Crippen LogP contribution in [0.2, 0.25) is 0 Å². The SMILES string of the molecule is CCCCC/C=C\C/C=C\C/C=C\CCCCCCCCC(=O)OCC(COC(=O)CCCCCCCCCCCCCCCCCCCCCCCCC)OC(=O)CCCCCCCCCCCCCCCCCCCCCC. The van der Waals surface area contributed by atoms with E-state index < -0.39 is 6.10 Å². The first kappa shape index (κ1) is 77.6. The Morgan fingerprint density at radius 2 is 0.450 bits per heavy atom. The standard InChI is InChI=1S/C74H138O6/c1-4-7-10-13-16-19-22-25-28-31-34-36-37-38-41-43-46-49-52-55-58-61-64-67-73(76)79-70-71(69-78-72(75)66-63-60-57-54-51-48-45-42-39-33-30-27-24-21-18-15-12-9-6-3)80-74(77)68-65-62-59-56-53-50-47-44-40-35-32-29-26-23-20-17-14-11-8-5-2/h18,21,27,30,39,42,71H,4-17,19-20,22-26,28-29,31-38,40-41,43-70H2,1-3H3/b21-18-,30-27-,42-39-. The van der Waals surface area contributed by atoms with Gasteiger partial charge in [-0.25, -0.2) is 0 Å². The molecule has 0 aromatic heterocycles. The zero-order chi connectivity index (χ0) is 57.8. The molecule has 0 bridgehead atoms. The van der Waals surface area contributed by atoms with E-state index in [-0.39, 0.29) is 31.1 Å².